The first kappa shape index (κ1) is 19.2. The molecule has 2 aromatic heterocycles. The van der Waals surface area contributed by atoms with Crippen LogP contribution in [0.3, 0.4) is 0 Å². The monoisotopic (exact) mass is 400 g/mol. The predicted molar refractivity (Wildman–Crippen MR) is 105 cm³/mol. The van der Waals surface area contributed by atoms with Gasteiger partial charge in [-0.25, -0.2) is 9.97 Å². The molecule has 1 aliphatic heterocycles. The average Bonchev–Trinajstić information content (AvgIpc) is 3.24. The third-order valence-corrected chi connectivity index (χ3v) is 5.71. The molecule has 1 aliphatic carbocycles. The predicted octanol–water partition coefficient (Wildman–Crippen LogP) is 3.14. The molecule has 2 unspecified atom stereocenters. The number of carbonyl (C=O) groups is 1. The molecule has 4 rings (SSSR count). The molecule has 0 spiro atoms. The molecule has 1 saturated heterocycles. The maximum Gasteiger partial charge on any atom is 0.355 e. The van der Waals surface area contributed by atoms with E-state index in [1.54, 1.807) is 6.07 Å². The Balaban J connectivity index is 1.62. The van der Waals surface area contributed by atoms with E-state index in [-0.39, 0.29) is 40.0 Å². The van der Waals surface area contributed by atoms with Gasteiger partial charge in [0.1, 0.15) is 6.33 Å². The first-order valence-corrected chi connectivity index (χ1v) is 9.53. The van der Waals surface area contributed by atoms with Gasteiger partial charge in [-0.2, -0.15) is 0 Å². The summed E-state index contributed by atoms with van der Waals surface area (Å²) in [7, 11) is 0. The van der Waals surface area contributed by atoms with E-state index < -0.39 is 10.8 Å². The zero-order valence-corrected chi connectivity index (χ0v) is 16.6. The summed E-state index contributed by atoms with van der Waals surface area (Å²) >= 11 is 0. The van der Waals surface area contributed by atoms with Gasteiger partial charge < -0.3 is 9.32 Å². The smallest absolute Gasteiger partial charge is 0.355 e. The molecule has 154 valence electrons. The van der Waals surface area contributed by atoms with Crippen LogP contribution in [0.5, 0.6) is 0 Å². The zero-order valence-electron chi connectivity index (χ0n) is 16.6. The second-order valence-electron chi connectivity index (χ2n) is 9.05. The number of aromatic nitrogens is 2. The minimum absolute atomic E-state index is 0.0641. The van der Waals surface area contributed by atoms with Gasteiger partial charge in [-0.1, -0.05) is 20.8 Å². The van der Waals surface area contributed by atoms with Crippen molar-refractivity contribution in [3.63, 3.8) is 0 Å². The molecule has 1 amide bonds. The van der Waals surface area contributed by atoms with Crippen molar-refractivity contribution in [2.24, 2.45) is 10.8 Å². The molecule has 2 atom stereocenters. The first-order chi connectivity index (χ1) is 13.7. The van der Waals surface area contributed by atoms with Crippen molar-refractivity contribution in [3.8, 4) is 0 Å². The normalized spacial score (nSPS) is 24.9. The molecule has 3 heterocycles. The van der Waals surface area contributed by atoms with E-state index in [1.165, 1.54) is 18.7 Å². The Bertz CT molecular complexity index is 944. The van der Waals surface area contributed by atoms with E-state index in [0.717, 1.165) is 19.3 Å². The van der Waals surface area contributed by atoms with E-state index in [1.807, 2.05) is 4.90 Å². The molecule has 2 aromatic rings. The number of fused-ring (bicyclic) bond motifs is 2. The summed E-state index contributed by atoms with van der Waals surface area (Å²) in [5.41, 5.74) is 4.95. The standard InChI is InChI=1S/C19H24N6O4/c1-18(2)7-12-8-19(3,9-18)10-24(12)16-14(25(27)28)15(20-11-21-16)22-23-17(26)13-5-4-6-29-13/h4-6,11-12H,7-10H2,1-3H3,(H,23,26)(H,20,21,22). The SMILES string of the molecule is CC1(C)CC2CC(C)(CN2c2ncnc(NNC(=O)c3ccco3)c2[N+](=O)[O-])C1. The first-order valence-electron chi connectivity index (χ1n) is 9.53. The number of nitrogens with zero attached hydrogens (tertiary/aromatic N) is 4. The van der Waals surface area contributed by atoms with Crippen LogP contribution >= 0.6 is 0 Å². The lowest BCUT2D eigenvalue weighted by atomic mass is 9.65. The van der Waals surface area contributed by atoms with E-state index in [0.29, 0.717) is 6.54 Å². The lowest BCUT2D eigenvalue weighted by Crippen LogP contribution is -2.35. The second-order valence-corrected chi connectivity index (χ2v) is 9.05. The van der Waals surface area contributed by atoms with Crippen molar-refractivity contribution in [1.29, 1.82) is 0 Å². The number of nitro groups is 1. The summed E-state index contributed by atoms with van der Waals surface area (Å²) < 4.78 is 5.02. The fraction of sp³-hybridized carbons (Fsp3) is 0.526. The fourth-order valence-corrected chi connectivity index (χ4v) is 5.13. The van der Waals surface area contributed by atoms with Crippen LogP contribution in [0.25, 0.3) is 0 Å². The Labute approximate surface area is 167 Å². The zero-order chi connectivity index (χ0) is 20.8. The summed E-state index contributed by atoms with van der Waals surface area (Å²) in [6.45, 7) is 7.42. The van der Waals surface area contributed by atoms with Crippen molar-refractivity contribution in [2.75, 3.05) is 16.9 Å². The molecule has 0 aromatic carbocycles. The Morgan fingerprint density at radius 1 is 1.34 bits per heavy atom. The third kappa shape index (κ3) is 3.62. The summed E-state index contributed by atoms with van der Waals surface area (Å²) in [5, 5.41) is 11.9. The van der Waals surface area contributed by atoms with Gasteiger partial charge in [0.2, 0.25) is 11.6 Å². The van der Waals surface area contributed by atoms with Gasteiger partial charge in [-0.05, 0) is 42.2 Å². The summed E-state index contributed by atoms with van der Waals surface area (Å²) in [5.74, 6) is -0.259. The van der Waals surface area contributed by atoms with Crippen LogP contribution in [-0.4, -0.2) is 33.4 Å². The molecule has 10 nitrogen and oxygen atoms in total. The van der Waals surface area contributed by atoms with E-state index in [2.05, 4.69) is 41.6 Å². The minimum Gasteiger partial charge on any atom is -0.459 e. The molecular formula is C19H24N6O4. The molecule has 2 aliphatic rings. The van der Waals surface area contributed by atoms with E-state index in [4.69, 9.17) is 4.42 Å². The summed E-state index contributed by atoms with van der Waals surface area (Å²) in [4.78, 5) is 33.7. The minimum atomic E-state index is -0.559. The van der Waals surface area contributed by atoms with Gasteiger partial charge >= 0.3 is 11.6 Å². The van der Waals surface area contributed by atoms with Crippen LogP contribution in [0.15, 0.2) is 29.1 Å². The van der Waals surface area contributed by atoms with Crippen LogP contribution < -0.4 is 15.8 Å². The number of carbonyl (C=O) groups excluding carboxylic acids is 1. The fourth-order valence-electron chi connectivity index (χ4n) is 5.13. The summed E-state index contributed by atoms with van der Waals surface area (Å²) in [6, 6.07) is 3.25. The van der Waals surface area contributed by atoms with Gasteiger partial charge in [-0.3, -0.25) is 25.8 Å². The number of nitrogens with one attached hydrogen (secondary N) is 2. The van der Waals surface area contributed by atoms with Gasteiger partial charge in [0.25, 0.3) is 0 Å². The Hall–Kier alpha value is -3.17. The van der Waals surface area contributed by atoms with Crippen LogP contribution in [0.4, 0.5) is 17.3 Å². The van der Waals surface area contributed by atoms with Crippen LogP contribution in [0, 0.1) is 20.9 Å². The van der Waals surface area contributed by atoms with Crippen LogP contribution in [0.2, 0.25) is 0 Å². The number of rotatable bonds is 5. The highest BCUT2D eigenvalue weighted by atomic mass is 16.6. The van der Waals surface area contributed by atoms with Crippen molar-refractivity contribution < 1.29 is 14.1 Å². The Morgan fingerprint density at radius 3 is 2.83 bits per heavy atom. The Kier molecular flexibility index (Phi) is 4.44. The lowest BCUT2D eigenvalue weighted by molar-refractivity contribution is -0.383. The molecule has 10 heteroatoms. The number of hydrazine groups is 1. The molecule has 29 heavy (non-hydrogen) atoms. The second kappa shape index (κ2) is 6.71. The van der Waals surface area contributed by atoms with Gasteiger partial charge in [-0.15, -0.1) is 0 Å². The molecule has 2 N–H and O–H groups in total. The topological polar surface area (TPSA) is 126 Å². The molecule has 2 bridgehead atoms. The molecule has 1 saturated carbocycles. The van der Waals surface area contributed by atoms with E-state index in [9.17, 15) is 14.9 Å². The van der Waals surface area contributed by atoms with Gasteiger partial charge in [0.15, 0.2) is 5.76 Å². The van der Waals surface area contributed by atoms with Crippen molar-refractivity contribution in [3.05, 3.63) is 40.6 Å². The maximum absolute atomic E-state index is 12.1. The highest BCUT2D eigenvalue weighted by Crippen LogP contribution is 2.54. The lowest BCUT2D eigenvalue weighted by Gasteiger charge is -2.39. The molecule has 2 fully saturated rings. The third-order valence-electron chi connectivity index (χ3n) is 5.71. The largest absolute Gasteiger partial charge is 0.459 e. The van der Waals surface area contributed by atoms with Gasteiger partial charge in [0, 0.05) is 12.6 Å². The average molecular weight is 400 g/mol. The number of furan rings is 1. The highest BCUT2D eigenvalue weighted by Gasteiger charge is 2.51. The summed E-state index contributed by atoms with van der Waals surface area (Å²) in [6.07, 6.45) is 5.64. The number of amides is 1. The van der Waals surface area contributed by atoms with Gasteiger partial charge in [0.05, 0.1) is 11.2 Å². The number of anilines is 2. The van der Waals surface area contributed by atoms with Crippen LogP contribution in [-0.2, 0) is 0 Å². The van der Waals surface area contributed by atoms with Crippen molar-refractivity contribution >= 4 is 23.2 Å². The maximum atomic E-state index is 12.1. The quantitative estimate of drug-likeness (QED) is 0.579. The number of hydrogen-bond donors (Lipinski definition) is 2. The molecule has 0 radical (unpaired) electrons. The van der Waals surface area contributed by atoms with Crippen LogP contribution in [0.1, 0.15) is 50.6 Å². The van der Waals surface area contributed by atoms with E-state index >= 15 is 0 Å². The highest BCUT2D eigenvalue weighted by molar-refractivity contribution is 5.92. The number of hydrogen-bond acceptors (Lipinski definition) is 8. The van der Waals surface area contributed by atoms with Crippen molar-refractivity contribution in [2.45, 2.75) is 46.1 Å². The Morgan fingerprint density at radius 2 is 2.14 bits per heavy atom. The molecular weight excluding hydrogens is 376 g/mol. The van der Waals surface area contributed by atoms with Crippen molar-refractivity contribution in [1.82, 2.24) is 15.4 Å².